The van der Waals surface area contributed by atoms with Gasteiger partial charge in [0.15, 0.2) is 0 Å². The van der Waals surface area contributed by atoms with Gasteiger partial charge in [-0.25, -0.2) is 4.79 Å². The van der Waals surface area contributed by atoms with Crippen molar-refractivity contribution in [1.29, 1.82) is 0 Å². The zero-order valence-corrected chi connectivity index (χ0v) is 11.0. The maximum atomic E-state index is 11.7. The quantitative estimate of drug-likeness (QED) is 0.587. The Labute approximate surface area is 103 Å². The summed E-state index contributed by atoms with van der Waals surface area (Å²) in [5, 5.41) is 0. The van der Waals surface area contributed by atoms with E-state index in [4.69, 9.17) is 4.74 Å². The Morgan fingerprint density at radius 1 is 1.24 bits per heavy atom. The molecule has 0 heterocycles. The van der Waals surface area contributed by atoms with Gasteiger partial charge >= 0.3 is 5.97 Å². The minimum Gasteiger partial charge on any atom is -0.462 e. The Balaban J connectivity index is 2.61. The van der Waals surface area contributed by atoms with Gasteiger partial charge in [-0.05, 0) is 24.0 Å². The van der Waals surface area contributed by atoms with Gasteiger partial charge in [0.1, 0.15) is 0 Å². The van der Waals surface area contributed by atoms with Gasteiger partial charge in [-0.3, -0.25) is 0 Å². The molecule has 0 unspecified atom stereocenters. The van der Waals surface area contributed by atoms with Crippen LogP contribution < -0.4 is 0 Å². The number of esters is 1. The van der Waals surface area contributed by atoms with Crippen LogP contribution in [0.3, 0.4) is 0 Å². The van der Waals surface area contributed by atoms with Gasteiger partial charge in [0.05, 0.1) is 6.61 Å². The van der Waals surface area contributed by atoms with E-state index in [2.05, 4.69) is 0 Å². The number of hydrogen-bond acceptors (Lipinski definition) is 2. The average Bonchev–Trinajstić information content (AvgIpc) is 2.26. The maximum absolute atomic E-state index is 11.7. The Morgan fingerprint density at radius 3 is 2.35 bits per heavy atom. The number of carbonyl (C=O) groups excluding carboxylic acids is 1. The Bertz CT molecular complexity index is 397. The van der Waals surface area contributed by atoms with Crippen LogP contribution in [0.5, 0.6) is 0 Å². The van der Waals surface area contributed by atoms with Crippen molar-refractivity contribution in [2.24, 2.45) is 5.41 Å². The van der Waals surface area contributed by atoms with E-state index in [1.807, 2.05) is 57.2 Å². The van der Waals surface area contributed by atoms with E-state index in [9.17, 15) is 4.79 Å². The molecule has 1 aromatic rings. The van der Waals surface area contributed by atoms with Crippen LogP contribution >= 0.6 is 0 Å². The van der Waals surface area contributed by atoms with Gasteiger partial charge in [0.25, 0.3) is 0 Å². The lowest BCUT2D eigenvalue weighted by molar-refractivity contribution is -0.141. The Hall–Kier alpha value is -1.57. The van der Waals surface area contributed by atoms with Crippen molar-refractivity contribution in [3.05, 3.63) is 41.5 Å². The molecule has 17 heavy (non-hydrogen) atoms. The first-order chi connectivity index (χ1) is 7.88. The molecule has 2 heteroatoms. The fourth-order valence-electron chi connectivity index (χ4n) is 1.25. The summed E-state index contributed by atoms with van der Waals surface area (Å²) in [7, 11) is 0. The molecule has 92 valence electrons. The minimum absolute atomic E-state index is 0.00267. The van der Waals surface area contributed by atoms with E-state index < -0.39 is 0 Å². The van der Waals surface area contributed by atoms with Crippen molar-refractivity contribution >= 4 is 12.0 Å². The molecule has 0 bridgehead atoms. The molecule has 0 spiro atoms. The first-order valence-electron chi connectivity index (χ1n) is 5.79. The van der Waals surface area contributed by atoms with Crippen LogP contribution in [0, 0.1) is 5.41 Å². The molecule has 2 nitrogen and oxygen atoms in total. The van der Waals surface area contributed by atoms with E-state index >= 15 is 0 Å². The number of carbonyl (C=O) groups is 1. The summed E-state index contributed by atoms with van der Waals surface area (Å²) < 4.78 is 5.23. The number of hydrogen-bond donors (Lipinski definition) is 0. The van der Waals surface area contributed by atoms with E-state index in [1.165, 1.54) is 0 Å². The molecule has 0 aliphatic carbocycles. The van der Waals surface area contributed by atoms with Crippen molar-refractivity contribution < 1.29 is 9.53 Å². The maximum Gasteiger partial charge on any atom is 0.333 e. The molecule has 1 rings (SSSR count). The van der Waals surface area contributed by atoms with Crippen LogP contribution in [0.1, 0.15) is 33.3 Å². The second-order valence-corrected chi connectivity index (χ2v) is 5.37. The van der Waals surface area contributed by atoms with Gasteiger partial charge in [-0.2, -0.15) is 0 Å². The first-order valence-corrected chi connectivity index (χ1v) is 5.79. The summed E-state index contributed by atoms with van der Waals surface area (Å²) in [4.78, 5) is 11.7. The van der Waals surface area contributed by atoms with Crippen molar-refractivity contribution in [2.75, 3.05) is 6.61 Å². The molecule has 0 amide bonds. The summed E-state index contributed by atoms with van der Waals surface area (Å²) in [6, 6.07) is 9.75. The number of rotatable bonds is 3. The molecule has 0 saturated heterocycles. The molecular formula is C15H20O2. The molecule has 0 fully saturated rings. The lowest BCUT2D eigenvalue weighted by Crippen LogP contribution is -2.18. The largest absolute Gasteiger partial charge is 0.462 e. The normalized spacial score (nSPS) is 12.4. The van der Waals surface area contributed by atoms with Gasteiger partial charge in [0.2, 0.25) is 0 Å². The van der Waals surface area contributed by atoms with E-state index in [-0.39, 0.29) is 11.4 Å². The highest BCUT2D eigenvalue weighted by molar-refractivity contribution is 5.92. The summed E-state index contributed by atoms with van der Waals surface area (Å²) >= 11 is 0. The first kappa shape index (κ1) is 13.5. The monoisotopic (exact) mass is 232 g/mol. The highest BCUT2D eigenvalue weighted by Crippen LogP contribution is 2.14. The lowest BCUT2D eigenvalue weighted by atomic mass is 9.99. The van der Waals surface area contributed by atoms with Crippen molar-refractivity contribution in [3.8, 4) is 0 Å². The molecule has 0 aromatic heterocycles. The second kappa shape index (κ2) is 5.67. The summed E-state index contributed by atoms with van der Waals surface area (Å²) in [5.74, 6) is -0.247. The van der Waals surface area contributed by atoms with E-state index in [1.54, 1.807) is 6.92 Å². The zero-order valence-electron chi connectivity index (χ0n) is 11.0. The smallest absolute Gasteiger partial charge is 0.333 e. The van der Waals surface area contributed by atoms with E-state index in [0.717, 1.165) is 5.56 Å². The SMILES string of the molecule is C/C(=C\c1ccccc1)C(=O)OCC(C)(C)C. The molecule has 1 aromatic carbocycles. The topological polar surface area (TPSA) is 26.3 Å². The van der Waals surface area contributed by atoms with Gasteiger partial charge in [0, 0.05) is 5.57 Å². The van der Waals surface area contributed by atoms with Crippen LogP contribution in [0.4, 0.5) is 0 Å². The summed E-state index contributed by atoms with van der Waals surface area (Å²) in [6.07, 6.45) is 1.84. The fraction of sp³-hybridized carbons (Fsp3) is 0.400. The van der Waals surface area contributed by atoms with Crippen LogP contribution in [0.25, 0.3) is 6.08 Å². The minimum atomic E-state index is -0.247. The van der Waals surface area contributed by atoms with Crippen molar-refractivity contribution in [1.82, 2.24) is 0 Å². The van der Waals surface area contributed by atoms with Gasteiger partial charge < -0.3 is 4.74 Å². The van der Waals surface area contributed by atoms with E-state index in [0.29, 0.717) is 12.2 Å². The molecular weight excluding hydrogens is 212 g/mol. The molecule has 0 radical (unpaired) electrons. The average molecular weight is 232 g/mol. The Morgan fingerprint density at radius 2 is 1.82 bits per heavy atom. The van der Waals surface area contributed by atoms with Crippen molar-refractivity contribution in [3.63, 3.8) is 0 Å². The second-order valence-electron chi connectivity index (χ2n) is 5.37. The number of ether oxygens (including phenoxy) is 1. The fourth-order valence-corrected chi connectivity index (χ4v) is 1.25. The molecule has 0 aliphatic heterocycles. The highest BCUT2D eigenvalue weighted by atomic mass is 16.5. The van der Waals surface area contributed by atoms with Crippen molar-refractivity contribution in [2.45, 2.75) is 27.7 Å². The number of benzene rings is 1. The van der Waals surface area contributed by atoms with Crippen LogP contribution in [0.15, 0.2) is 35.9 Å². The third-order valence-electron chi connectivity index (χ3n) is 2.14. The summed E-state index contributed by atoms with van der Waals surface area (Å²) in [6.45, 7) is 8.33. The lowest BCUT2D eigenvalue weighted by Gasteiger charge is -2.17. The van der Waals surface area contributed by atoms with Crippen LogP contribution in [-0.4, -0.2) is 12.6 Å². The molecule has 0 N–H and O–H groups in total. The third kappa shape index (κ3) is 5.34. The predicted octanol–water partition coefficient (Wildman–Crippen LogP) is 3.68. The summed E-state index contributed by atoms with van der Waals surface area (Å²) in [5.41, 5.74) is 1.64. The third-order valence-corrected chi connectivity index (χ3v) is 2.14. The Kier molecular flexibility index (Phi) is 4.50. The molecule has 0 atom stereocenters. The van der Waals surface area contributed by atoms with Gasteiger partial charge in [-0.15, -0.1) is 0 Å². The predicted molar refractivity (Wildman–Crippen MR) is 70.5 cm³/mol. The van der Waals surface area contributed by atoms with Gasteiger partial charge in [-0.1, -0.05) is 51.1 Å². The zero-order chi connectivity index (χ0) is 12.9. The standard InChI is InChI=1S/C15H20O2/c1-12(10-13-8-6-5-7-9-13)14(16)17-11-15(2,3)4/h5-10H,11H2,1-4H3/b12-10+. The van der Waals surface area contributed by atoms with Crippen LogP contribution in [-0.2, 0) is 9.53 Å². The molecule has 0 aliphatic rings. The highest BCUT2D eigenvalue weighted by Gasteiger charge is 2.14. The van der Waals surface area contributed by atoms with Crippen LogP contribution in [0.2, 0.25) is 0 Å². The molecule has 0 saturated carbocycles.